The number of hydrogen-bond donors (Lipinski definition) is 1. The minimum absolute atomic E-state index is 1.09. The molecule has 1 nitrogen and oxygen atoms in total. The van der Waals surface area contributed by atoms with Crippen LogP contribution in [0.25, 0.3) is 0 Å². The molecule has 0 aliphatic rings. The molecule has 0 saturated heterocycles. The lowest BCUT2D eigenvalue weighted by atomic mass is 10.2. The molecule has 1 aromatic rings. The van der Waals surface area contributed by atoms with Crippen LogP contribution in [0.5, 0.6) is 0 Å². The van der Waals surface area contributed by atoms with Gasteiger partial charge in [-0.25, -0.2) is 0 Å². The predicted octanol–water partition coefficient (Wildman–Crippen LogP) is 2.92. The van der Waals surface area contributed by atoms with E-state index in [1.165, 1.54) is 17.7 Å². The summed E-state index contributed by atoms with van der Waals surface area (Å²) < 4.78 is 0. The quantitative estimate of drug-likeness (QED) is 0.693. The molecular weight excluding hydrogens is 190 g/mol. The second-order valence-corrected chi connectivity index (χ2v) is 4.35. The van der Waals surface area contributed by atoms with Gasteiger partial charge in [0.1, 0.15) is 0 Å². The summed E-state index contributed by atoms with van der Waals surface area (Å²) in [5.74, 6) is 2.40. The molecule has 1 aromatic carbocycles. The molecule has 0 fully saturated rings. The predicted molar refractivity (Wildman–Crippen MR) is 65.8 cm³/mol. The van der Waals surface area contributed by atoms with E-state index in [9.17, 15) is 0 Å². The van der Waals surface area contributed by atoms with Crippen LogP contribution in [-0.2, 0) is 5.75 Å². The van der Waals surface area contributed by atoms with E-state index < -0.39 is 0 Å². The van der Waals surface area contributed by atoms with Crippen LogP contribution in [0.1, 0.15) is 18.9 Å². The van der Waals surface area contributed by atoms with Crippen molar-refractivity contribution < 1.29 is 0 Å². The van der Waals surface area contributed by atoms with Crippen LogP contribution in [0.15, 0.2) is 30.3 Å². The summed E-state index contributed by atoms with van der Waals surface area (Å²) in [6, 6.07) is 10.7. The highest BCUT2D eigenvalue weighted by Crippen LogP contribution is 2.11. The zero-order chi connectivity index (χ0) is 10.1. The Hall–Kier alpha value is -0.470. The third-order valence-electron chi connectivity index (χ3n) is 2.00. The van der Waals surface area contributed by atoms with Crippen LogP contribution in [-0.4, -0.2) is 18.8 Å². The van der Waals surface area contributed by atoms with E-state index in [2.05, 4.69) is 42.6 Å². The molecular formula is C12H19NS. The van der Waals surface area contributed by atoms with E-state index in [0.29, 0.717) is 0 Å². The van der Waals surface area contributed by atoms with Crippen LogP contribution >= 0.6 is 11.8 Å². The Labute approximate surface area is 91.3 Å². The Balaban J connectivity index is 1.99. The SMILES string of the molecule is CCNCCCSCc1ccccc1. The first kappa shape index (κ1) is 11.6. The van der Waals surface area contributed by atoms with Gasteiger partial charge in [-0.05, 0) is 30.8 Å². The Morgan fingerprint density at radius 2 is 2.00 bits per heavy atom. The molecule has 0 aromatic heterocycles. The zero-order valence-corrected chi connectivity index (χ0v) is 9.65. The van der Waals surface area contributed by atoms with Gasteiger partial charge in [-0.2, -0.15) is 11.8 Å². The number of nitrogens with one attached hydrogen (secondary N) is 1. The van der Waals surface area contributed by atoms with Gasteiger partial charge < -0.3 is 5.32 Å². The standard InChI is InChI=1S/C12H19NS/c1-2-13-9-6-10-14-11-12-7-4-3-5-8-12/h3-5,7-8,13H,2,6,9-11H2,1H3. The minimum Gasteiger partial charge on any atom is -0.317 e. The molecule has 0 radical (unpaired) electrons. The van der Waals surface area contributed by atoms with Crippen molar-refractivity contribution in [2.45, 2.75) is 19.1 Å². The Morgan fingerprint density at radius 1 is 1.21 bits per heavy atom. The average molecular weight is 209 g/mol. The van der Waals surface area contributed by atoms with Gasteiger partial charge in [-0.1, -0.05) is 37.3 Å². The molecule has 1 N–H and O–H groups in total. The van der Waals surface area contributed by atoms with Crippen LogP contribution in [0.2, 0.25) is 0 Å². The molecule has 0 heterocycles. The van der Waals surface area contributed by atoms with Crippen molar-refractivity contribution in [3.63, 3.8) is 0 Å². The van der Waals surface area contributed by atoms with Gasteiger partial charge in [-0.15, -0.1) is 0 Å². The number of thioether (sulfide) groups is 1. The maximum atomic E-state index is 3.33. The molecule has 0 spiro atoms. The minimum atomic E-state index is 1.09. The maximum absolute atomic E-state index is 3.33. The van der Waals surface area contributed by atoms with Crippen molar-refractivity contribution in [3.8, 4) is 0 Å². The molecule has 0 aliphatic carbocycles. The molecule has 78 valence electrons. The van der Waals surface area contributed by atoms with Gasteiger partial charge >= 0.3 is 0 Å². The molecule has 14 heavy (non-hydrogen) atoms. The summed E-state index contributed by atoms with van der Waals surface area (Å²) in [4.78, 5) is 0. The Kier molecular flexibility index (Phi) is 6.54. The van der Waals surface area contributed by atoms with E-state index in [1.807, 2.05) is 11.8 Å². The number of rotatable bonds is 7. The van der Waals surface area contributed by atoms with E-state index in [4.69, 9.17) is 0 Å². The summed E-state index contributed by atoms with van der Waals surface area (Å²) in [7, 11) is 0. The van der Waals surface area contributed by atoms with Crippen molar-refractivity contribution >= 4 is 11.8 Å². The first-order valence-electron chi connectivity index (χ1n) is 5.26. The number of hydrogen-bond acceptors (Lipinski definition) is 2. The highest BCUT2D eigenvalue weighted by molar-refractivity contribution is 7.98. The van der Waals surface area contributed by atoms with Gasteiger partial charge in [0.15, 0.2) is 0 Å². The first-order chi connectivity index (χ1) is 6.93. The average Bonchev–Trinajstić information content (AvgIpc) is 2.25. The highest BCUT2D eigenvalue weighted by Gasteiger charge is 1.92. The monoisotopic (exact) mass is 209 g/mol. The lowest BCUT2D eigenvalue weighted by Gasteiger charge is -2.02. The van der Waals surface area contributed by atoms with Gasteiger partial charge in [0.05, 0.1) is 0 Å². The molecule has 0 unspecified atom stereocenters. The summed E-state index contributed by atoms with van der Waals surface area (Å²) in [5.41, 5.74) is 1.43. The Morgan fingerprint density at radius 3 is 2.71 bits per heavy atom. The molecule has 1 rings (SSSR count). The van der Waals surface area contributed by atoms with Crippen molar-refractivity contribution in [1.82, 2.24) is 5.32 Å². The topological polar surface area (TPSA) is 12.0 Å². The molecule has 0 saturated carbocycles. The fraction of sp³-hybridized carbons (Fsp3) is 0.500. The van der Waals surface area contributed by atoms with Crippen molar-refractivity contribution in [1.29, 1.82) is 0 Å². The van der Waals surface area contributed by atoms with E-state index in [-0.39, 0.29) is 0 Å². The summed E-state index contributed by atoms with van der Waals surface area (Å²) in [6.07, 6.45) is 1.27. The van der Waals surface area contributed by atoms with Gasteiger partial charge in [0, 0.05) is 5.75 Å². The van der Waals surface area contributed by atoms with Crippen molar-refractivity contribution in [2.75, 3.05) is 18.8 Å². The van der Waals surface area contributed by atoms with Crippen molar-refractivity contribution in [2.24, 2.45) is 0 Å². The van der Waals surface area contributed by atoms with Crippen LogP contribution in [0, 0.1) is 0 Å². The van der Waals surface area contributed by atoms with Crippen LogP contribution in [0.4, 0.5) is 0 Å². The normalized spacial score (nSPS) is 10.4. The highest BCUT2D eigenvalue weighted by atomic mass is 32.2. The van der Waals surface area contributed by atoms with Gasteiger partial charge in [0.25, 0.3) is 0 Å². The Bertz CT molecular complexity index is 223. The third kappa shape index (κ3) is 5.30. The summed E-state index contributed by atoms with van der Waals surface area (Å²) >= 11 is 2.02. The largest absolute Gasteiger partial charge is 0.317 e. The molecule has 0 atom stereocenters. The smallest absolute Gasteiger partial charge is 0.0184 e. The molecule has 0 aliphatic heterocycles. The summed E-state index contributed by atoms with van der Waals surface area (Å²) in [6.45, 7) is 4.39. The lowest BCUT2D eigenvalue weighted by molar-refractivity contribution is 0.707. The van der Waals surface area contributed by atoms with Crippen LogP contribution in [0.3, 0.4) is 0 Å². The number of benzene rings is 1. The van der Waals surface area contributed by atoms with Crippen LogP contribution < -0.4 is 5.32 Å². The van der Waals surface area contributed by atoms with E-state index in [1.54, 1.807) is 0 Å². The van der Waals surface area contributed by atoms with Gasteiger partial charge in [0.2, 0.25) is 0 Å². The molecule has 2 heteroatoms. The third-order valence-corrected chi connectivity index (χ3v) is 3.12. The first-order valence-corrected chi connectivity index (χ1v) is 6.41. The lowest BCUT2D eigenvalue weighted by Crippen LogP contribution is -2.14. The second-order valence-electron chi connectivity index (χ2n) is 3.25. The second kappa shape index (κ2) is 7.89. The van der Waals surface area contributed by atoms with Gasteiger partial charge in [-0.3, -0.25) is 0 Å². The maximum Gasteiger partial charge on any atom is 0.0184 e. The van der Waals surface area contributed by atoms with E-state index in [0.717, 1.165) is 18.8 Å². The van der Waals surface area contributed by atoms with E-state index >= 15 is 0 Å². The molecule has 0 bridgehead atoms. The molecule has 0 amide bonds. The van der Waals surface area contributed by atoms with Crippen molar-refractivity contribution in [3.05, 3.63) is 35.9 Å². The fourth-order valence-corrected chi connectivity index (χ4v) is 2.16. The summed E-state index contributed by atoms with van der Waals surface area (Å²) in [5, 5.41) is 3.33. The fourth-order valence-electron chi connectivity index (χ4n) is 1.24. The zero-order valence-electron chi connectivity index (χ0n) is 8.83.